The van der Waals surface area contributed by atoms with Gasteiger partial charge in [0.25, 0.3) is 32.1 Å². The van der Waals surface area contributed by atoms with Crippen LogP contribution in [0.2, 0.25) is 0 Å². The van der Waals surface area contributed by atoms with Crippen LogP contribution in [-0.4, -0.2) is 110 Å². The molecule has 2 fully saturated rings. The molecule has 2 aromatic rings. The molecule has 4 atom stereocenters. The molecule has 0 bridgehead atoms. The average molecular weight is 784 g/mol. The van der Waals surface area contributed by atoms with Crippen molar-refractivity contribution < 1.29 is 45.1 Å². The number of urea groups is 1. The first-order chi connectivity index (χ1) is 24.6. The number of nitrogens with two attached hydrogens (primary N) is 2. The smallest absolute Gasteiger partial charge is 0.315 e. The maximum absolute atomic E-state index is 13.4. The Bertz CT molecular complexity index is 1920. The predicted octanol–water partition coefficient (Wildman–Crippen LogP) is 1.22. The van der Waals surface area contributed by atoms with Gasteiger partial charge in [-0.15, -0.1) is 0 Å². The van der Waals surface area contributed by atoms with Crippen molar-refractivity contribution in [2.45, 2.75) is 91.0 Å². The van der Waals surface area contributed by atoms with E-state index in [1.54, 1.807) is 0 Å². The fourth-order valence-electron chi connectivity index (χ4n) is 6.84. The second-order valence-corrected chi connectivity index (χ2v) is 17.3. The largest absolute Gasteiger partial charge is 0.397 e. The zero-order valence-corrected chi connectivity index (χ0v) is 30.9. The topological polar surface area (TPSA) is 280 Å². The Morgan fingerprint density at radius 3 is 2.27 bits per heavy atom. The summed E-state index contributed by atoms with van der Waals surface area (Å²) < 4.78 is 67.2. The minimum absolute atomic E-state index is 0.0628. The number of nitrogens with zero attached hydrogens (tertiary/aromatic N) is 1. The summed E-state index contributed by atoms with van der Waals surface area (Å²) in [5, 5.41) is 12.3. The van der Waals surface area contributed by atoms with Crippen LogP contribution in [0.5, 0.6) is 0 Å². The molecule has 17 nitrogen and oxygen atoms in total. The molecule has 20 heteroatoms. The van der Waals surface area contributed by atoms with Crippen LogP contribution < -0.4 is 32.7 Å². The molecule has 0 radical (unpaired) electrons. The number of imide groups is 1. The SMILES string of the molecule is Nc1c(S(=O)(=O)O)cc2c3c(cc(S(=O)(=O)O)cc13)C(=O)N(CCCCCNC(=O)C(N)CCCCNCCCCC1SCC3NC(=O)NC31)C2=O. The van der Waals surface area contributed by atoms with E-state index in [1.807, 2.05) is 11.8 Å². The Hall–Kier alpha value is -3.53. The van der Waals surface area contributed by atoms with Crippen LogP contribution in [0.25, 0.3) is 10.8 Å². The van der Waals surface area contributed by atoms with Crippen molar-refractivity contribution in [2.75, 3.05) is 37.7 Å². The highest BCUT2D eigenvalue weighted by Gasteiger charge is 2.42. The third-order valence-corrected chi connectivity index (χ3v) is 12.8. The summed E-state index contributed by atoms with van der Waals surface area (Å²) in [6, 6.07) is 2.32. The number of carbonyl (C=O) groups is 4. The van der Waals surface area contributed by atoms with Crippen molar-refractivity contribution in [3.63, 3.8) is 0 Å². The molecular formula is C32H45N7O10S3. The van der Waals surface area contributed by atoms with Crippen molar-refractivity contribution in [1.29, 1.82) is 0 Å². The van der Waals surface area contributed by atoms with Crippen LogP contribution >= 0.6 is 11.8 Å². The Morgan fingerprint density at radius 2 is 1.58 bits per heavy atom. The molecule has 0 aliphatic carbocycles. The number of hydrogen-bond donors (Lipinski definition) is 8. The highest BCUT2D eigenvalue weighted by atomic mass is 32.2. The first-order valence-electron chi connectivity index (χ1n) is 17.2. The first kappa shape index (κ1) is 39.7. The zero-order chi connectivity index (χ0) is 37.8. The molecule has 3 heterocycles. The third kappa shape index (κ3) is 9.15. The summed E-state index contributed by atoms with van der Waals surface area (Å²) in [4.78, 5) is 50.0. The van der Waals surface area contributed by atoms with Gasteiger partial charge in [0.05, 0.1) is 39.8 Å². The van der Waals surface area contributed by atoms with E-state index in [9.17, 15) is 45.1 Å². The number of anilines is 1. The van der Waals surface area contributed by atoms with Crippen LogP contribution in [0.4, 0.5) is 10.5 Å². The minimum atomic E-state index is -4.96. The summed E-state index contributed by atoms with van der Waals surface area (Å²) in [5.74, 6) is -1.04. The molecule has 0 saturated carbocycles. The van der Waals surface area contributed by atoms with E-state index in [2.05, 4.69) is 21.3 Å². The number of benzene rings is 2. The van der Waals surface area contributed by atoms with E-state index < -0.39 is 53.6 Å². The molecule has 0 aromatic heterocycles. The number of fused-ring (bicyclic) bond motifs is 1. The number of carbonyl (C=O) groups excluding carboxylic acids is 4. The van der Waals surface area contributed by atoms with Gasteiger partial charge in [-0.2, -0.15) is 28.6 Å². The van der Waals surface area contributed by atoms with Gasteiger partial charge in [-0.05, 0) is 76.2 Å². The molecule has 3 aliphatic rings. The van der Waals surface area contributed by atoms with E-state index in [1.165, 1.54) is 0 Å². The maximum Gasteiger partial charge on any atom is 0.315 e. The van der Waals surface area contributed by atoms with E-state index in [-0.39, 0.29) is 52.5 Å². The molecule has 286 valence electrons. The first-order valence-corrected chi connectivity index (χ1v) is 21.1. The number of unbranched alkanes of at least 4 members (excludes halogenated alkanes) is 4. The Kier molecular flexibility index (Phi) is 12.7. The number of rotatable bonds is 19. The van der Waals surface area contributed by atoms with E-state index >= 15 is 0 Å². The second kappa shape index (κ2) is 16.6. The van der Waals surface area contributed by atoms with E-state index in [0.29, 0.717) is 37.5 Å². The quantitative estimate of drug-likeness (QED) is 0.0327. The van der Waals surface area contributed by atoms with Crippen molar-refractivity contribution in [3.05, 3.63) is 29.3 Å². The summed E-state index contributed by atoms with van der Waals surface area (Å²) >= 11 is 1.92. The average Bonchev–Trinajstić information content (AvgIpc) is 3.63. The molecule has 52 heavy (non-hydrogen) atoms. The number of amides is 5. The number of nitrogen functional groups attached to an aromatic ring is 1. The summed E-state index contributed by atoms with van der Waals surface area (Å²) in [5.41, 5.74) is 10.8. The van der Waals surface area contributed by atoms with Crippen LogP contribution in [0.1, 0.15) is 78.5 Å². The van der Waals surface area contributed by atoms with Gasteiger partial charge < -0.3 is 32.7 Å². The van der Waals surface area contributed by atoms with Gasteiger partial charge in [0.2, 0.25) is 5.91 Å². The Morgan fingerprint density at radius 1 is 0.904 bits per heavy atom. The monoisotopic (exact) mass is 783 g/mol. The van der Waals surface area contributed by atoms with E-state index in [0.717, 1.165) is 74.0 Å². The number of nitrogens with one attached hydrogen (secondary N) is 4. The molecule has 5 amide bonds. The van der Waals surface area contributed by atoms with Crippen molar-refractivity contribution >= 4 is 72.2 Å². The Labute approximate surface area is 306 Å². The highest BCUT2D eigenvalue weighted by molar-refractivity contribution is 8.00. The Balaban J connectivity index is 0.990. The lowest BCUT2D eigenvalue weighted by atomic mass is 9.93. The highest BCUT2D eigenvalue weighted by Crippen LogP contribution is 2.39. The van der Waals surface area contributed by atoms with Crippen molar-refractivity contribution in [1.82, 2.24) is 26.2 Å². The van der Waals surface area contributed by atoms with Gasteiger partial charge in [-0.3, -0.25) is 28.4 Å². The predicted molar refractivity (Wildman–Crippen MR) is 194 cm³/mol. The van der Waals surface area contributed by atoms with Crippen LogP contribution in [0.15, 0.2) is 28.0 Å². The molecule has 5 rings (SSSR count). The van der Waals surface area contributed by atoms with Gasteiger partial charge in [0.15, 0.2) is 0 Å². The summed E-state index contributed by atoms with van der Waals surface area (Å²) in [6.07, 6.45) is 6.72. The number of thioether (sulfide) groups is 1. The zero-order valence-electron chi connectivity index (χ0n) is 28.4. The van der Waals surface area contributed by atoms with Gasteiger partial charge in [-0.25, -0.2) is 4.79 Å². The molecule has 2 saturated heterocycles. The van der Waals surface area contributed by atoms with Gasteiger partial charge in [0.1, 0.15) is 4.90 Å². The maximum atomic E-state index is 13.4. The molecule has 4 unspecified atom stereocenters. The van der Waals surface area contributed by atoms with Gasteiger partial charge in [0, 0.05) is 34.9 Å². The van der Waals surface area contributed by atoms with Gasteiger partial charge >= 0.3 is 6.03 Å². The van der Waals surface area contributed by atoms with E-state index in [4.69, 9.17) is 11.5 Å². The van der Waals surface area contributed by atoms with Crippen LogP contribution in [-0.2, 0) is 25.0 Å². The lowest BCUT2D eigenvalue weighted by Crippen LogP contribution is -2.41. The minimum Gasteiger partial charge on any atom is -0.397 e. The van der Waals surface area contributed by atoms with Crippen molar-refractivity contribution in [3.8, 4) is 0 Å². The molecule has 2 aromatic carbocycles. The summed E-state index contributed by atoms with van der Waals surface area (Å²) in [6.45, 7) is 1.94. The molecule has 3 aliphatic heterocycles. The van der Waals surface area contributed by atoms with Crippen LogP contribution in [0, 0.1) is 0 Å². The molecule has 0 spiro atoms. The molecule has 10 N–H and O–H groups in total. The lowest BCUT2D eigenvalue weighted by molar-refractivity contribution is -0.122. The number of hydrogen-bond acceptors (Lipinski definition) is 12. The lowest BCUT2D eigenvalue weighted by Gasteiger charge is -2.28. The fraction of sp³-hybridized carbons (Fsp3) is 0.562. The summed E-state index contributed by atoms with van der Waals surface area (Å²) in [7, 11) is -9.83. The third-order valence-electron chi connectivity index (χ3n) is 9.58. The van der Waals surface area contributed by atoms with Gasteiger partial charge in [-0.1, -0.05) is 12.8 Å². The molecular weight excluding hydrogens is 739 g/mol. The van der Waals surface area contributed by atoms with Crippen molar-refractivity contribution in [2.24, 2.45) is 5.73 Å². The van der Waals surface area contributed by atoms with Crippen LogP contribution in [0.3, 0.4) is 0 Å². The standard InChI is InChI=1S/C32H45N7O10S3/c33-22(8-2-5-10-35-11-6-3-9-24-28-23(17-50-24)37-32(43)38-28)29(40)36-12-4-1-7-13-39-30(41)20-15-18(51(44,45)46)14-19-26(20)21(31(39)42)16-25(27(19)34)52(47,48)49/h14-16,22-24,28,35H,1-13,17,33-34H2,(H,36,40)(H2,37,38,43)(H,44,45,46)(H,47,48,49). The fourth-order valence-corrected chi connectivity index (χ4v) is 9.57. The second-order valence-electron chi connectivity index (χ2n) is 13.3. The normalized spacial score (nSPS) is 20.6.